The summed E-state index contributed by atoms with van der Waals surface area (Å²) in [6.07, 6.45) is 0.929. The lowest BCUT2D eigenvalue weighted by Crippen LogP contribution is -2.59. The van der Waals surface area contributed by atoms with Gasteiger partial charge in [-0.05, 0) is 27.3 Å². The van der Waals surface area contributed by atoms with Gasteiger partial charge in [0, 0.05) is 25.2 Å². The fraction of sp³-hybridized carbons (Fsp3) is 0.909. The zero-order valence-electron chi connectivity index (χ0n) is 10.3. The minimum atomic E-state index is 0.128. The van der Waals surface area contributed by atoms with E-state index in [2.05, 4.69) is 37.6 Å². The third-order valence-corrected chi connectivity index (χ3v) is 3.57. The fourth-order valence-corrected chi connectivity index (χ4v) is 2.37. The minimum Gasteiger partial charge on any atom is -0.386 e. The third kappa shape index (κ3) is 2.69. The van der Waals surface area contributed by atoms with Crippen LogP contribution in [0, 0.1) is 5.41 Å². The van der Waals surface area contributed by atoms with Crippen LogP contribution in [0.1, 0.15) is 27.2 Å². The second-order valence-corrected chi connectivity index (χ2v) is 4.70. The van der Waals surface area contributed by atoms with Crippen molar-refractivity contribution in [2.24, 2.45) is 5.73 Å². The van der Waals surface area contributed by atoms with Crippen molar-refractivity contribution >= 4 is 5.84 Å². The van der Waals surface area contributed by atoms with Crippen LogP contribution in [0.5, 0.6) is 0 Å². The number of hydrogen-bond donors (Lipinski definition) is 2. The summed E-state index contributed by atoms with van der Waals surface area (Å²) >= 11 is 0. The summed E-state index contributed by atoms with van der Waals surface area (Å²) in [5, 5.41) is 7.59. The van der Waals surface area contributed by atoms with Gasteiger partial charge in [0.05, 0.1) is 6.04 Å². The molecule has 0 aromatic rings. The number of nitrogens with two attached hydrogens (primary N) is 1. The first-order valence-corrected chi connectivity index (χ1v) is 5.77. The van der Waals surface area contributed by atoms with E-state index < -0.39 is 0 Å². The number of likely N-dealkylation sites (N-methyl/N-ethyl adjacent to an activating group) is 1. The van der Waals surface area contributed by atoms with E-state index >= 15 is 0 Å². The van der Waals surface area contributed by atoms with E-state index in [9.17, 15) is 0 Å². The van der Waals surface area contributed by atoms with Crippen LogP contribution in [0.25, 0.3) is 0 Å². The van der Waals surface area contributed by atoms with Gasteiger partial charge < -0.3 is 5.73 Å². The topological polar surface area (TPSA) is 56.4 Å². The Balaban J connectivity index is 2.67. The first-order valence-electron chi connectivity index (χ1n) is 5.77. The van der Waals surface area contributed by atoms with Crippen LogP contribution in [0.3, 0.4) is 0 Å². The number of rotatable bonds is 3. The Morgan fingerprint density at radius 1 is 1.40 bits per heavy atom. The van der Waals surface area contributed by atoms with Crippen LogP contribution in [0.4, 0.5) is 0 Å². The van der Waals surface area contributed by atoms with Gasteiger partial charge in [0.15, 0.2) is 0 Å². The highest BCUT2D eigenvalue weighted by Crippen LogP contribution is 2.17. The maximum atomic E-state index is 7.59. The maximum absolute atomic E-state index is 7.59. The highest BCUT2D eigenvalue weighted by Gasteiger charge is 2.30. The summed E-state index contributed by atoms with van der Waals surface area (Å²) in [6, 6.07) is 1.22. The van der Waals surface area contributed by atoms with Crippen molar-refractivity contribution in [1.29, 1.82) is 5.41 Å². The molecule has 0 saturated carbocycles. The van der Waals surface area contributed by atoms with Crippen molar-refractivity contribution < 1.29 is 0 Å². The summed E-state index contributed by atoms with van der Waals surface area (Å²) in [7, 11) is 2.17. The predicted octanol–water partition coefficient (Wildman–Crippen LogP) is 0.725. The Labute approximate surface area is 92.9 Å². The molecule has 1 aliphatic rings. The molecule has 0 aliphatic carbocycles. The lowest BCUT2D eigenvalue weighted by Gasteiger charge is -2.45. The van der Waals surface area contributed by atoms with Crippen molar-refractivity contribution in [3.05, 3.63) is 0 Å². The molecular formula is C11H24N4. The van der Waals surface area contributed by atoms with Gasteiger partial charge >= 0.3 is 0 Å². The molecule has 0 radical (unpaired) electrons. The standard InChI is InChI=1S/C11H24N4/c1-5-10(11(12)13)15-6-8(2)14(4)9(3)7-15/h8-10H,5-7H2,1-4H3,(H3,12,13). The molecule has 1 fully saturated rings. The van der Waals surface area contributed by atoms with Crippen LogP contribution in [0.15, 0.2) is 0 Å². The zero-order valence-corrected chi connectivity index (χ0v) is 10.3. The van der Waals surface area contributed by atoms with Crippen LogP contribution in [0.2, 0.25) is 0 Å². The van der Waals surface area contributed by atoms with E-state index in [1.165, 1.54) is 0 Å². The molecule has 0 aromatic heterocycles. The van der Waals surface area contributed by atoms with E-state index in [-0.39, 0.29) is 6.04 Å². The Morgan fingerprint density at radius 3 is 2.20 bits per heavy atom. The zero-order chi connectivity index (χ0) is 11.6. The van der Waals surface area contributed by atoms with Crippen molar-refractivity contribution in [2.75, 3.05) is 20.1 Å². The molecule has 1 aliphatic heterocycles. The van der Waals surface area contributed by atoms with Crippen LogP contribution < -0.4 is 5.73 Å². The quantitative estimate of drug-likeness (QED) is 0.535. The molecule has 0 spiro atoms. The number of nitrogens with zero attached hydrogens (tertiary/aromatic N) is 2. The van der Waals surface area contributed by atoms with Gasteiger partial charge in [-0.15, -0.1) is 0 Å². The molecule has 1 saturated heterocycles. The highest BCUT2D eigenvalue weighted by atomic mass is 15.3. The molecular weight excluding hydrogens is 188 g/mol. The smallest absolute Gasteiger partial charge is 0.108 e. The molecule has 1 rings (SSSR count). The molecule has 88 valence electrons. The van der Waals surface area contributed by atoms with Crippen molar-refractivity contribution in [3.8, 4) is 0 Å². The van der Waals surface area contributed by atoms with Gasteiger partial charge in [-0.25, -0.2) is 0 Å². The SMILES string of the molecule is CCC(C(=N)N)N1CC(C)N(C)C(C)C1. The normalized spacial score (nSPS) is 31.5. The molecule has 1 heterocycles. The van der Waals surface area contributed by atoms with Crippen molar-refractivity contribution in [1.82, 2.24) is 9.80 Å². The van der Waals surface area contributed by atoms with E-state index in [4.69, 9.17) is 11.1 Å². The number of piperazine rings is 1. The van der Waals surface area contributed by atoms with Crippen LogP contribution in [-0.4, -0.2) is 53.9 Å². The third-order valence-electron chi connectivity index (χ3n) is 3.57. The largest absolute Gasteiger partial charge is 0.386 e. The van der Waals surface area contributed by atoms with Crippen molar-refractivity contribution in [2.45, 2.75) is 45.3 Å². The molecule has 4 heteroatoms. The lowest BCUT2D eigenvalue weighted by molar-refractivity contribution is 0.0478. The van der Waals surface area contributed by atoms with Gasteiger partial charge in [0.1, 0.15) is 5.84 Å². The second-order valence-electron chi connectivity index (χ2n) is 4.70. The highest BCUT2D eigenvalue weighted by molar-refractivity contribution is 5.82. The van der Waals surface area contributed by atoms with E-state index in [0.717, 1.165) is 19.5 Å². The first-order chi connectivity index (χ1) is 6.97. The summed E-state index contributed by atoms with van der Waals surface area (Å²) in [4.78, 5) is 4.74. The minimum absolute atomic E-state index is 0.128. The molecule has 3 unspecified atom stereocenters. The molecule has 3 atom stereocenters. The maximum Gasteiger partial charge on any atom is 0.108 e. The van der Waals surface area contributed by atoms with Crippen LogP contribution in [-0.2, 0) is 0 Å². The number of nitrogens with one attached hydrogen (secondary N) is 1. The summed E-state index contributed by atoms with van der Waals surface area (Å²) in [6.45, 7) is 8.59. The summed E-state index contributed by atoms with van der Waals surface area (Å²) in [5.74, 6) is 0.307. The van der Waals surface area contributed by atoms with Crippen LogP contribution >= 0.6 is 0 Å². The Hall–Kier alpha value is -0.610. The van der Waals surface area contributed by atoms with Gasteiger partial charge in [0.2, 0.25) is 0 Å². The lowest BCUT2D eigenvalue weighted by atomic mass is 10.0. The predicted molar refractivity (Wildman–Crippen MR) is 64.3 cm³/mol. The van der Waals surface area contributed by atoms with Gasteiger partial charge in [-0.1, -0.05) is 6.92 Å². The fourth-order valence-electron chi connectivity index (χ4n) is 2.37. The monoisotopic (exact) mass is 212 g/mol. The molecule has 0 bridgehead atoms. The first kappa shape index (κ1) is 12.5. The molecule has 15 heavy (non-hydrogen) atoms. The molecule has 0 aromatic carbocycles. The van der Waals surface area contributed by atoms with E-state index in [0.29, 0.717) is 17.9 Å². The molecule has 4 nitrogen and oxygen atoms in total. The molecule has 0 amide bonds. The summed E-state index contributed by atoms with van der Waals surface area (Å²) < 4.78 is 0. The number of hydrogen-bond acceptors (Lipinski definition) is 3. The molecule has 3 N–H and O–H groups in total. The van der Waals surface area contributed by atoms with E-state index in [1.54, 1.807) is 0 Å². The average molecular weight is 212 g/mol. The van der Waals surface area contributed by atoms with Gasteiger partial charge in [-0.2, -0.15) is 0 Å². The second kappa shape index (κ2) is 4.94. The Kier molecular flexibility index (Phi) is 4.11. The van der Waals surface area contributed by atoms with Gasteiger partial charge in [0.25, 0.3) is 0 Å². The van der Waals surface area contributed by atoms with Gasteiger partial charge in [-0.3, -0.25) is 15.2 Å². The Bertz CT molecular complexity index is 217. The average Bonchev–Trinajstić information content (AvgIpc) is 2.14. The van der Waals surface area contributed by atoms with E-state index in [1.807, 2.05) is 0 Å². The number of amidine groups is 1. The van der Waals surface area contributed by atoms with Crippen molar-refractivity contribution in [3.63, 3.8) is 0 Å². The Morgan fingerprint density at radius 2 is 1.87 bits per heavy atom. The summed E-state index contributed by atoms with van der Waals surface area (Å²) in [5.41, 5.74) is 5.63.